The Morgan fingerprint density at radius 2 is 1.50 bits per heavy atom. The van der Waals surface area contributed by atoms with E-state index in [4.69, 9.17) is 4.18 Å². The molecular weight excluding hydrogens is 376 g/mol. The summed E-state index contributed by atoms with van der Waals surface area (Å²) in [6, 6.07) is 16.5. The summed E-state index contributed by atoms with van der Waals surface area (Å²) < 4.78 is 31.1. The second-order valence-electron chi connectivity index (χ2n) is 6.65. The standard InChI is InChI=1S/C22H16O5S/c1-13-9-11-16(12-10-13)28(25,26)27-22-18-8-4-6-15-5-3-7-17(20(15)18)21(24)19(22)14(2)23/h3-12H,1-2H3. The highest BCUT2D eigenvalue weighted by Gasteiger charge is 2.34. The van der Waals surface area contributed by atoms with Crippen molar-refractivity contribution in [3.63, 3.8) is 0 Å². The Labute approximate surface area is 162 Å². The SMILES string of the molecule is CC(=O)C1=C(OS(=O)(=O)c2ccc(C)cc2)c2cccc3cccc(c23)C1=O. The molecule has 0 aromatic heterocycles. The quantitative estimate of drug-likeness (QED) is 0.494. The molecule has 0 unspecified atom stereocenters. The van der Waals surface area contributed by atoms with E-state index in [-0.39, 0.29) is 16.2 Å². The van der Waals surface area contributed by atoms with Gasteiger partial charge in [-0.1, -0.05) is 54.1 Å². The summed E-state index contributed by atoms with van der Waals surface area (Å²) in [5.41, 5.74) is 1.41. The number of rotatable bonds is 4. The number of ketones is 2. The van der Waals surface area contributed by atoms with E-state index in [2.05, 4.69) is 0 Å². The maximum absolute atomic E-state index is 13.0. The number of carbonyl (C=O) groups is 2. The first-order valence-corrected chi connectivity index (χ1v) is 10.0. The largest absolute Gasteiger partial charge is 0.377 e. The lowest BCUT2D eigenvalue weighted by molar-refractivity contribution is -0.113. The number of carbonyl (C=O) groups excluding carboxylic acids is 2. The van der Waals surface area contributed by atoms with Crippen LogP contribution in [-0.2, 0) is 19.1 Å². The molecule has 0 atom stereocenters. The molecule has 6 heteroatoms. The molecule has 0 radical (unpaired) electrons. The van der Waals surface area contributed by atoms with Crippen molar-refractivity contribution in [3.8, 4) is 0 Å². The van der Waals surface area contributed by atoms with Crippen LogP contribution in [0.25, 0.3) is 16.5 Å². The van der Waals surface area contributed by atoms with Gasteiger partial charge in [-0.3, -0.25) is 9.59 Å². The van der Waals surface area contributed by atoms with Crippen molar-refractivity contribution < 1.29 is 22.2 Å². The number of aryl methyl sites for hydroxylation is 1. The molecule has 0 fully saturated rings. The van der Waals surface area contributed by atoms with Crippen LogP contribution in [0.1, 0.15) is 28.4 Å². The minimum atomic E-state index is -4.23. The third-order valence-electron chi connectivity index (χ3n) is 4.70. The van der Waals surface area contributed by atoms with Crippen molar-refractivity contribution in [2.24, 2.45) is 0 Å². The Balaban J connectivity index is 1.96. The minimum Gasteiger partial charge on any atom is -0.377 e. The Bertz CT molecular complexity index is 1280. The van der Waals surface area contributed by atoms with Gasteiger partial charge in [-0.05, 0) is 31.4 Å². The summed E-state index contributed by atoms with van der Waals surface area (Å²) in [5, 5.41) is 1.34. The Hall–Kier alpha value is -3.25. The molecule has 0 saturated heterocycles. The van der Waals surface area contributed by atoms with Crippen LogP contribution in [0.5, 0.6) is 0 Å². The zero-order valence-electron chi connectivity index (χ0n) is 15.2. The van der Waals surface area contributed by atoms with Gasteiger partial charge >= 0.3 is 10.1 Å². The normalized spacial score (nSPS) is 13.7. The maximum Gasteiger partial charge on any atom is 0.339 e. The average Bonchev–Trinajstić information content (AvgIpc) is 2.65. The topological polar surface area (TPSA) is 77.5 Å². The lowest BCUT2D eigenvalue weighted by Gasteiger charge is -2.21. The molecule has 0 spiro atoms. The molecule has 0 bridgehead atoms. The van der Waals surface area contributed by atoms with Crippen molar-refractivity contribution in [3.05, 3.63) is 82.9 Å². The van der Waals surface area contributed by atoms with Crippen molar-refractivity contribution in [1.29, 1.82) is 0 Å². The van der Waals surface area contributed by atoms with Crippen LogP contribution >= 0.6 is 0 Å². The Morgan fingerprint density at radius 3 is 2.11 bits per heavy atom. The van der Waals surface area contributed by atoms with Crippen LogP contribution in [-0.4, -0.2) is 20.0 Å². The third-order valence-corrected chi connectivity index (χ3v) is 5.94. The number of hydrogen-bond acceptors (Lipinski definition) is 5. The minimum absolute atomic E-state index is 0.0491. The second kappa shape index (κ2) is 6.42. The van der Waals surface area contributed by atoms with Crippen LogP contribution in [0.3, 0.4) is 0 Å². The first kappa shape index (κ1) is 18.1. The fourth-order valence-electron chi connectivity index (χ4n) is 3.36. The van der Waals surface area contributed by atoms with Crippen molar-refractivity contribution in [1.82, 2.24) is 0 Å². The molecule has 0 amide bonds. The summed E-state index contributed by atoms with van der Waals surface area (Å²) in [7, 11) is -4.23. The van der Waals surface area contributed by atoms with Gasteiger partial charge in [-0.15, -0.1) is 0 Å². The molecule has 3 aromatic carbocycles. The first-order valence-electron chi connectivity index (χ1n) is 8.63. The van der Waals surface area contributed by atoms with E-state index in [1.165, 1.54) is 19.1 Å². The van der Waals surface area contributed by atoms with E-state index >= 15 is 0 Å². The smallest absolute Gasteiger partial charge is 0.339 e. The monoisotopic (exact) mass is 392 g/mol. The van der Waals surface area contributed by atoms with Gasteiger partial charge in [0.05, 0.1) is 0 Å². The van der Waals surface area contributed by atoms with Crippen molar-refractivity contribution in [2.45, 2.75) is 18.7 Å². The number of Topliss-reactive ketones (excluding diaryl/α,β-unsaturated/α-hetero) is 2. The third kappa shape index (κ3) is 2.82. The van der Waals surface area contributed by atoms with Crippen LogP contribution in [0, 0.1) is 6.92 Å². The summed E-state index contributed by atoms with van der Waals surface area (Å²) in [6.07, 6.45) is 0. The van der Waals surface area contributed by atoms with Crippen molar-refractivity contribution >= 4 is 38.2 Å². The lowest BCUT2D eigenvalue weighted by Crippen LogP contribution is -2.20. The number of benzene rings is 3. The van der Waals surface area contributed by atoms with Gasteiger partial charge in [0.1, 0.15) is 10.5 Å². The van der Waals surface area contributed by atoms with Gasteiger partial charge in [-0.2, -0.15) is 8.42 Å². The molecule has 0 heterocycles. The highest BCUT2D eigenvalue weighted by Crippen LogP contribution is 2.38. The Morgan fingerprint density at radius 1 is 0.893 bits per heavy atom. The molecule has 0 saturated carbocycles. The van der Waals surface area contributed by atoms with E-state index < -0.39 is 21.7 Å². The number of hydrogen-bond donors (Lipinski definition) is 0. The molecule has 1 aliphatic rings. The van der Waals surface area contributed by atoms with Gasteiger partial charge in [0.2, 0.25) is 5.78 Å². The van der Waals surface area contributed by atoms with Gasteiger partial charge in [-0.25, -0.2) is 0 Å². The second-order valence-corrected chi connectivity index (χ2v) is 8.20. The summed E-state index contributed by atoms with van der Waals surface area (Å²) in [5.74, 6) is -1.31. The lowest BCUT2D eigenvalue weighted by atomic mass is 9.85. The Kier molecular flexibility index (Phi) is 4.16. The summed E-state index contributed by atoms with van der Waals surface area (Å²) in [4.78, 5) is 25.2. The molecule has 0 N–H and O–H groups in total. The predicted octanol–water partition coefficient (Wildman–Crippen LogP) is 4.05. The zero-order chi connectivity index (χ0) is 20.1. The zero-order valence-corrected chi connectivity index (χ0v) is 16.0. The van der Waals surface area contributed by atoms with E-state index in [1.54, 1.807) is 36.4 Å². The van der Waals surface area contributed by atoms with E-state index in [1.807, 2.05) is 19.1 Å². The highest BCUT2D eigenvalue weighted by molar-refractivity contribution is 7.87. The molecule has 1 aliphatic carbocycles. The van der Waals surface area contributed by atoms with Crippen LogP contribution in [0.4, 0.5) is 0 Å². The van der Waals surface area contributed by atoms with Crippen LogP contribution in [0.15, 0.2) is 71.1 Å². The molecule has 28 heavy (non-hydrogen) atoms. The predicted molar refractivity (Wildman–Crippen MR) is 105 cm³/mol. The summed E-state index contributed by atoms with van der Waals surface area (Å²) >= 11 is 0. The van der Waals surface area contributed by atoms with Gasteiger partial charge < -0.3 is 4.18 Å². The maximum atomic E-state index is 13.0. The molecular formula is C22H16O5S. The van der Waals surface area contributed by atoms with E-state index in [0.717, 1.165) is 10.9 Å². The van der Waals surface area contributed by atoms with Gasteiger partial charge in [0.25, 0.3) is 0 Å². The molecule has 140 valence electrons. The molecule has 4 rings (SSSR count). The van der Waals surface area contributed by atoms with Crippen LogP contribution < -0.4 is 0 Å². The van der Waals surface area contributed by atoms with Crippen LogP contribution in [0.2, 0.25) is 0 Å². The molecule has 0 aliphatic heterocycles. The van der Waals surface area contributed by atoms with E-state index in [0.29, 0.717) is 16.5 Å². The fourth-order valence-corrected chi connectivity index (χ4v) is 4.32. The molecule has 3 aromatic rings. The number of allylic oxidation sites excluding steroid dienone is 1. The van der Waals surface area contributed by atoms with Gasteiger partial charge in [0.15, 0.2) is 11.5 Å². The van der Waals surface area contributed by atoms with E-state index in [9.17, 15) is 18.0 Å². The molecule has 5 nitrogen and oxygen atoms in total. The highest BCUT2D eigenvalue weighted by atomic mass is 32.2. The van der Waals surface area contributed by atoms with Gasteiger partial charge in [0, 0.05) is 16.5 Å². The van der Waals surface area contributed by atoms with Crippen molar-refractivity contribution in [2.75, 3.05) is 0 Å². The summed E-state index contributed by atoms with van der Waals surface area (Å²) in [6.45, 7) is 3.06. The average molecular weight is 392 g/mol. The fraction of sp³-hybridized carbons (Fsp3) is 0.0909. The first-order chi connectivity index (χ1) is 13.3.